The van der Waals surface area contributed by atoms with Gasteiger partial charge in [0.1, 0.15) is 0 Å². The maximum absolute atomic E-state index is 2.77. The van der Waals surface area contributed by atoms with Crippen molar-refractivity contribution in [2.24, 2.45) is 40.9 Å². The molecule has 0 aromatic rings. The lowest BCUT2D eigenvalue weighted by molar-refractivity contribution is 0.148. The van der Waals surface area contributed by atoms with E-state index in [1.807, 2.05) is 0 Å². The minimum Gasteiger partial charge on any atom is -0.298 e. The average Bonchev–Trinajstić information content (AvgIpc) is 2.89. The Balaban J connectivity index is 1.29. The molecule has 4 aliphatic rings. The molecule has 24 heavy (non-hydrogen) atoms. The first-order valence-corrected chi connectivity index (χ1v) is 11.0. The maximum atomic E-state index is 2.77. The van der Waals surface area contributed by atoms with Crippen molar-refractivity contribution in [3.8, 4) is 0 Å². The summed E-state index contributed by atoms with van der Waals surface area (Å²) in [5.41, 5.74) is 0.963. The van der Waals surface area contributed by atoms with E-state index in [0.29, 0.717) is 11.0 Å². The quantitative estimate of drug-likeness (QED) is 0.612. The molecule has 1 saturated heterocycles. The van der Waals surface area contributed by atoms with Crippen LogP contribution in [-0.4, -0.2) is 23.5 Å². The largest absolute Gasteiger partial charge is 0.298 e. The Bertz CT molecular complexity index is 449. The lowest BCUT2D eigenvalue weighted by atomic mass is 9.69. The molecule has 0 radical (unpaired) electrons. The Labute approximate surface area is 151 Å². The summed E-state index contributed by atoms with van der Waals surface area (Å²) >= 11 is 0. The molecule has 5 unspecified atom stereocenters. The van der Waals surface area contributed by atoms with E-state index in [-0.39, 0.29) is 0 Å². The van der Waals surface area contributed by atoms with Gasteiger partial charge in [0.15, 0.2) is 0 Å². The predicted octanol–water partition coefficient (Wildman–Crippen LogP) is 5.99. The highest BCUT2D eigenvalue weighted by Crippen LogP contribution is 2.61. The topological polar surface area (TPSA) is 3.24 Å². The molecular weight excluding hydrogens is 290 g/mol. The zero-order chi connectivity index (χ0) is 17.1. The van der Waals surface area contributed by atoms with Crippen molar-refractivity contribution in [1.29, 1.82) is 0 Å². The summed E-state index contributed by atoms with van der Waals surface area (Å²) in [6.45, 7) is 15.1. The number of hydrogen-bond acceptors (Lipinski definition) is 1. The molecular formula is C23H41N. The molecule has 4 fully saturated rings. The zero-order valence-electron chi connectivity index (χ0n) is 17.0. The van der Waals surface area contributed by atoms with Gasteiger partial charge in [-0.2, -0.15) is 0 Å². The van der Waals surface area contributed by atoms with Gasteiger partial charge < -0.3 is 0 Å². The van der Waals surface area contributed by atoms with Gasteiger partial charge in [-0.05, 0) is 100 Å². The van der Waals surface area contributed by atoms with E-state index in [4.69, 9.17) is 0 Å². The highest BCUT2D eigenvalue weighted by Gasteiger charge is 2.53. The van der Waals surface area contributed by atoms with E-state index in [1.165, 1.54) is 51.6 Å². The van der Waals surface area contributed by atoms with Crippen molar-refractivity contribution >= 4 is 0 Å². The van der Waals surface area contributed by atoms with Gasteiger partial charge in [-0.25, -0.2) is 0 Å². The van der Waals surface area contributed by atoms with Crippen LogP contribution in [0.25, 0.3) is 0 Å². The number of likely N-dealkylation sites (tertiary alicyclic amines) is 1. The summed E-state index contributed by atoms with van der Waals surface area (Å²) in [6, 6.07) is 0. The maximum Gasteiger partial charge on any atom is 0.0125 e. The molecule has 1 heteroatoms. The summed E-state index contributed by atoms with van der Waals surface area (Å²) < 4.78 is 0. The Kier molecular flexibility index (Phi) is 4.34. The molecule has 3 aliphatic carbocycles. The number of rotatable bonds is 4. The van der Waals surface area contributed by atoms with Crippen LogP contribution in [0.15, 0.2) is 0 Å². The molecule has 0 N–H and O–H groups in total. The summed E-state index contributed by atoms with van der Waals surface area (Å²) in [7, 11) is 0. The first-order chi connectivity index (χ1) is 11.2. The van der Waals surface area contributed by atoms with Crippen LogP contribution < -0.4 is 0 Å². The van der Waals surface area contributed by atoms with E-state index in [2.05, 4.69) is 39.5 Å². The highest BCUT2D eigenvalue weighted by atomic mass is 15.2. The normalized spacial score (nSPS) is 42.9. The van der Waals surface area contributed by atoms with Crippen LogP contribution in [0.5, 0.6) is 0 Å². The van der Waals surface area contributed by atoms with Gasteiger partial charge >= 0.3 is 0 Å². The lowest BCUT2D eigenvalue weighted by Gasteiger charge is -2.36. The smallest absolute Gasteiger partial charge is 0.0125 e. The van der Waals surface area contributed by atoms with Crippen LogP contribution >= 0.6 is 0 Å². The Morgan fingerprint density at radius 1 is 0.792 bits per heavy atom. The molecule has 0 bridgehead atoms. The van der Waals surface area contributed by atoms with Crippen molar-refractivity contribution in [2.75, 3.05) is 13.1 Å². The molecule has 138 valence electrons. The summed E-state index contributed by atoms with van der Waals surface area (Å²) in [5, 5.41) is 0. The Morgan fingerprint density at radius 2 is 1.46 bits per heavy atom. The second kappa shape index (κ2) is 6.00. The molecule has 3 saturated carbocycles. The number of fused-ring (bicyclic) bond motifs is 2. The van der Waals surface area contributed by atoms with Crippen molar-refractivity contribution in [1.82, 2.24) is 4.90 Å². The Hall–Kier alpha value is -0.0400. The standard InChI is InChI=1S/C23H41N/c1-22(2,3)24-14-17-10-9-16(11-18(17)15-24)12-23(4,5)13-21-19-7-6-8-20(19)21/h16-21H,6-15H2,1-5H3. The van der Waals surface area contributed by atoms with Gasteiger partial charge in [0.2, 0.25) is 0 Å². The second-order valence-corrected chi connectivity index (χ2v) is 11.8. The number of hydrogen-bond donors (Lipinski definition) is 0. The zero-order valence-corrected chi connectivity index (χ0v) is 17.0. The molecule has 5 atom stereocenters. The van der Waals surface area contributed by atoms with E-state index in [1.54, 1.807) is 12.8 Å². The lowest BCUT2D eigenvalue weighted by Crippen LogP contribution is -2.39. The third kappa shape index (κ3) is 3.44. The van der Waals surface area contributed by atoms with Crippen LogP contribution in [0.3, 0.4) is 0 Å². The van der Waals surface area contributed by atoms with Crippen LogP contribution in [0.2, 0.25) is 0 Å². The molecule has 1 nitrogen and oxygen atoms in total. The van der Waals surface area contributed by atoms with Gasteiger partial charge in [-0.15, -0.1) is 0 Å². The van der Waals surface area contributed by atoms with Crippen molar-refractivity contribution in [3.63, 3.8) is 0 Å². The van der Waals surface area contributed by atoms with E-state index in [9.17, 15) is 0 Å². The molecule has 1 heterocycles. The average molecular weight is 332 g/mol. The van der Waals surface area contributed by atoms with Crippen LogP contribution in [0, 0.1) is 40.9 Å². The van der Waals surface area contributed by atoms with Gasteiger partial charge in [-0.3, -0.25) is 4.90 Å². The second-order valence-electron chi connectivity index (χ2n) is 11.8. The fraction of sp³-hybridized carbons (Fsp3) is 1.00. The summed E-state index contributed by atoms with van der Waals surface area (Å²) in [5.74, 6) is 6.43. The number of nitrogens with zero attached hydrogens (tertiary/aromatic N) is 1. The van der Waals surface area contributed by atoms with Crippen LogP contribution in [0.4, 0.5) is 0 Å². The predicted molar refractivity (Wildman–Crippen MR) is 103 cm³/mol. The molecule has 0 aromatic carbocycles. The first kappa shape index (κ1) is 17.4. The van der Waals surface area contributed by atoms with E-state index >= 15 is 0 Å². The molecule has 0 amide bonds. The van der Waals surface area contributed by atoms with Crippen molar-refractivity contribution in [3.05, 3.63) is 0 Å². The monoisotopic (exact) mass is 331 g/mol. The van der Waals surface area contributed by atoms with Crippen molar-refractivity contribution < 1.29 is 0 Å². The molecule has 0 aromatic heterocycles. The SMILES string of the molecule is CC(C)(CC1CCC2CN(C(C)(C)C)CC2C1)CC1C2CCCC21. The third-order valence-electron chi connectivity index (χ3n) is 8.32. The molecule has 0 spiro atoms. The molecule has 1 aliphatic heterocycles. The first-order valence-electron chi connectivity index (χ1n) is 11.0. The summed E-state index contributed by atoms with van der Waals surface area (Å²) in [4.78, 5) is 2.77. The fourth-order valence-corrected chi connectivity index (χ4v) is 7.04. The van der Waals surface area contributed by atoms with E-state index in [0.717, 1.165) is 35.5 Å². The highest BCUT2D eigenvalue weighted by molar-refractivity contribution is 5.03. The molecule has 4 rings (SSSR count). The minimum atomic E-state index is 0.371. The third-order valence-corrected chi connectivity index (χ3v) is 8.32. The van der Waals surface area contributed by atoms with Gasteiger partial charge in [-0.1, -0.05) is 26.7 Å². The van der Waals surface area contributed by atoms with Gasteiger partial charge in [0.05, 0.1) is 0 Å². The van der Waals surface area contributed by atoms with Crippen LogP contribution in [-0.2, 0) is 0 Å². The minimum absolute atomic E-state index is 0.371. The van der Waals surface area contributed by atoms with Gasteiger partial charge in [0.25, 0.3) is 0 Å². The van der Waals surface area contributed by atoms with E-state index < -0.39 is 0 Å². The van der Waals surface area contributed by atoms with Gasteiger partial charge in [0, 0.05) is 18.6 Å². The fourth-order valence-electron chi connectivity index (χ4n) is 7.04. The Morgan fingerprint density at radius 3 is 2.12 bits per heavy atom. The van der Waals surface area contributed by atoms with Crippen molar-refractivity contribution in [2.45, 2.75) is 91.5 Å². The summed E-state index contributed by atoms with van der Waals surface area (Å²) in [6.07, 6.45) is 12.2. The van der Waals surface area contributed by atoms with Crippen LogP contribution in [0.1, 0.15) is 86.0 Å².